The molecule has 2 fully saturated rings. The van der Waals surface area contributed by atoms with Gasteiger partial charge in [-0.25, -0.2) is 4.79 Å². The minimum Gasteiger partial charge on any atom is -0.497 e. The van der Waals surface area contributed by atoms with E-state index in [0.717, 1.165) is 32.0 Å². The lowest BCUT2D eigenvalue weighted by atomic mass is 9.86. The minimum atomic E-state index is -1.23. The number of nitrogens with zero attached hydrogens (tertiary/aromatic N) is 3. The molecule has 0 bridgehead atoms. The van der Waals surface area contributed by atoms with Crippen LogP contribution in [0, 0.1) is 0 Å². The molecule has 3 amide bonds. The van der Waals surface area contributed by atoms with Crippen LogP contribution < -0.4 is 4.74 Å². The van der Waals surface area contributed by atoms with Gasteiger partial charge in [0.15, 0.2) is 5.54 Å². The molecule has 0 aromatic heterocycles. The Morgan fingerprint density at radius 1 is 0.895 bits per heavy atom. The molecular weight excluding hydrogens is 502 g/mol. The summed E-state index contributed by atoms with van der Waals surface area (Å²) in [6, 6.07) is 22.6. The molecule has 0 saturated carbocycles. The second-order valence-corrected chi connectivity index (χ2v) is 11.2. The predicted molar refractivity (Wildman–Crippen MR) is 144 cm³/mol. The highest BCUT2D eigenvalue weighted by atomic mass is 32.2. The molecule has 2 saturated heterocycles. The van der Waals surface area contributed by atoms with E-state index in [0.29, 0.717) is 43.3 Å². The van der Waals surface area contributed by atoms with Gasteiger partial charge >= 0.3 is 6.03 Å². The van der Waals surface area contributed by atoms with Gasteiger partial charge in [-0.05, 0) is 65.4 Å². The van der Waals surface area contributed by atoms with Gasteiger partial charge in [0.25, 0.3) is 5.91 Å². The number of benzene rings is 3. The molecule has 2 heterocycles. The molecule has 1 unspecified atom stereocenters. The normalized spacial score (nSPS) is 18.3. The highest BCUT2D eigenvalue weighted by Gasteiger charge is 2.58. The number of methoxy groups -OCH3 is 1. The molecular formula is C29H31N3O5S. The zero-order valence-electron chi connectivity index (χ0n) is 21.5. The molecule has 0 aliphatic carbocycles. The summed E-state index contributed by atoms with van der Waals surface area (Å²) in [4.78, 5) is 30.5. The number of hydrogen-bond donors (Lipinski definition) is 1. The van der Waals surface area contributed by atoms with Crippen LogP contribution in [0.2, 0.25) is 0 Å². The van der Waals surface area contributed by atoms with Crippen molar-refractivity contribution in [3.8, 4) is 16.9 Å². The van der Waals surface area contributed by atoms with Gasteiger partial charge in [0, 0.05) is 41.6 Å². The molecule has 1 atom stereocenters. The quantitative estimate of drug-likeness (QED) is 0.360. The lowest BCUT2D eigenvalue weighted by Gasteiger charge is -2.39. The lowest BCUT2D eigenvalue weighted by molar-refractivity contribution is -0.156. The molecule has 0 radical (unpaired) electrons. The van der Waals surface area contributed by atoms with Gasteiger partial charge < -0.3 is 4.74 Å². The third-order valence-electron chi connectivity index (χ3n) is 7.47. The van der Waals surface area contributed by atoms with Crippen molar-refractivity contribution in [3.63, 3.8) is 0 Å². The van der Waals surface area contributed by atoms with Crippen molar-refractivity contribution in [1.29, 1.82) is 0 Å². The van der Waals surface area contributed by atoms with Crippen LogP contribution in [0.25, 0.3) is 11.1 Å². The standard InChI is InChI=1S/C29H31N3O5S/c1-37-25-8-4-6-22(18-25)20-31-27(33)29(32(35)28(31)34)13-15-30(16-14-29)19-21-5-3-7-24(17-21)23-9-11-26(12-10-23)38(2)36/h3-12,17-18,35H,13-16,19-20H2,1-2H3. The molecule has 2 aliphatic heterocycles. The molecule has 1 N–H and O–H groups in total. The van der Waals surface area contributed by atoms with Gasteiger partial charge in [-0.1, -0.05) is 42.5 Å². The van der Waals surface area contributed by atoms with Crippen LogP contribution in [-0.2, 0) is 28.7 Å². The first kappa shape index (κ1) is 26.1. The molecule has 1 spiro atoms. The maximum absolute atomic E-state index is 13.4. The number of hydroxylamine groups is 2. The van der Waals surface area contributed by atoms with E-state index in [-0.39, 0.29) is 12.5 Å². The number of urea groups is 1. The highest BCUT2D eigenvalue weighted by molar-refractivity contribution is 7.84. The molecule has 9 heteroatoms. The van der Waals surface area contributed by atoms with Gasteiger partial charge in [0.2, 0.25) is 0 Å². The van der Waals surface area contributed by atoms with E-state index in [9.17, 15) is 19.0 Å². The molecule has 198 valence electrons. The van der Waals surface area contributed by atoms with Gasteiger partial charge in [-0.3, -0.25) is 24.0 Å². The molecule has 8 nitrogen and oxygen atoms in total. The smallest absolute Gasteiger partial charge is 0.351 e. The molecule has 2 aliphatic rings. The predicted octanol–water partition coefficient (Wildman–Crippen LogP) is 4.29. The van der Waals surface area contributed by atoms with E-state index < -0.39 is 22.4 Å². The molecule has 3 aromatic rings. The Morgan fingerprint density at radius 2 is 1.55 bits per heavy atom. The third-order valence-corrected chi connectivity index (χ3v) is 8.41. The van der Waals surface area contributed by atoms with Crippen molar-refractivity contribution in [1.82, 2.24) is 14.9 Å². The zero-order valence-corrected chi connectivity index (χ0v) is 22.3. The Hall–Kier alpha value is -3.53. The first-order valence-corrected chi connectivity index (χ1v) is 14.1. The van der Waals surface area contributed by atoms with Crippen LogP contribution in [0.5, 0.6) is 5.75 Å². The van der Waals surface area contributed by atoms with Gasteiger partial charge in [-0.2, -0.15) is 5.06 Å². The second-order valence-electron chi connectivity index (χ2n) is 9.82. The fourth-order valence-corrected chi connectivity index (χ4v) is 5.79. The number of rotatable bonds is 7. The molecule has 3 aromatic carbocycles. The van der Waals surface area contributed by atoms with Crippen LogP contribution in [0.4, 0.5) is 4.79 Å². The summed E-state index contributed by atoms with van der Waals surface area (Å²) in [6.07, 6.45) is 2.39. The average molecular weight is 534 g/mol. The lowest BCUT2D eigenvalue weighted by Crippen LogP contribution is -2.55. The number of piperidine rings is 1. The zero-order chi connectivity index (χ0) is 26.9. The van der Waals surface area contributed by atoms with Gasteiger partial charge in [0.05, 0.1) is 13.7 Å². The molecule has 5 rings (SSSR count). The number of likely N-dealkylation sites (tertiary alicyclic amines) is 1. The first-order valence-electron chi connectivity index (χ1n) is 12.5. The van der Waals surface area contributed by atoms with Crippen molar-refractivity contribution in [3.05, 3.63) is 83.9 Å². The monoisotopic (exact) mass is 533 g/mol. The van der Waals surface area contributed by atoms with E-state index in [1.807, 2.05) is 42.5 Å². The van der Waals surface area contributed by atoms with Crippen LogP contribution in [0.1, 0.15) is 24.0 Å². The Bertz CT molecular complexity index is 1370. The van der Waals surface area contributed by atoms with Gasteiger partial charge in [-0.15, -0.1) is 0 Å². The van der Waals surface area contributed by atoms with E-state index >= 15 is 0 Å². The summed E-state index contributed by atoms with van der Waals surface area (Å²) in [5.74, 6) is 0.287. The maximum atomic E-state index is 13.4. The number of carbonyl (C=O) groups is 2. The number of imide groups is 1. The highest BCUT2D eigenvalue weighted by Crippen LogP contribution is 2.37. The largest absolute Gasteiger partial charge is 0.497 e. The fourth-order valence-electron chi connectivity index (χ4n) is 5.27. The van der Waals surface area contributed by atoms with Crippen molar-refractivity contribution in [2.24, 2.45) is 0 Å². The summed E-state index contributed by atoms with van der Waals surface area (Å²) >= 11 is 0. The first-order chi connectivity index (χ1) is 18.3. The van der Waals surface area contributed by atoms with Crippen molar-refractivity contribution < 1.29 is 23.7 Å². The summed E-state index contributed by atoms with van der Waals surface area (Å²) in [5.41, 5.74) is 2.80. The van der Waals surface area contributed by atoms with E-state index in [2.05, 4.69) is 23.1 Å². The number of amides is 3. The fraction of sp³-hybridized carbons (Fsp3) is 0.310. The van der Waals surface area contributed by atoms with Crippen LogP contribution >= 0.6 is 0 Å². The summed E-state index contributed by atoms with van der Waals surface area (Å²) in [7, 11) is 0.554. The van der Waals surface area contributed by atoms with Gasteiger partial charge in [0.1, 0.15) is 5.75 Å². The maximum Gasteiger partial charge on any atom is 0.351 e. The number of carbonyl (C=O) groups excluding carboxylic acids is 2. The van der Waals surface area contributed by atoms with Crippen LogP contribution in [0.3, 0.4) is 0 Å². The van der Waals surface area contributed by atoms with E-state index in [1.165, 1.54) is 0 Å². The number of hydrogen-bond acceptors (Lipinski definition) is 6. The average Bonchev–Trinajstić information content (AvgIpc) is 3.11. The SMILES string of the molecule is COc1cccc(CN2C(=O)N(O)C3(CCN(Cc4cccc(-c5ccc(S(C)=O)cc5)c4)CC3)C2=O)c1. The number of ether oxygens (including phenoxy) is 1. The van der Waals surface area contributed by atoms with E-state index in [1.54, 1.807) is 25.5 Å². The van der Waals surface area contributed by atoms with Crippen molar-refractivity contribution in [2.75, 3.05) is 26.5 Å². The topological polar surface area (TPSA) is 90.4 Å². The third kappa shape index (κ3) is 4.97. The summed E-state index contributed by atoms with van der Waals surface area (Å²) in [5, 5.41) is 11.4. The second kappa shape index (κ2) is 10.7. The minimum absolute atomic E-state index is 0.0827. The summed E-state index contributed by atoms with van der Waals surface area (Å²) < 4.78 is 16.9. The van der Waals surface area contributed by atoms with Crippen LogP contribution in [-0.4, -0.2) is 68.2 Å². The molecule has 38 heavy (non-hydrogen) atoms. The van der Waals surface area contributed by atoms with Crippen molar-refractivity contribution >= 4 is 22.7 Å². The Kier molecular flexibility index (Phi) is 7.34. The Balaban J connectivity index is 1.24. The summed E-state index contributed by atoms with van der Waals surface area (Å²) in [6.45, 7) is 1.93. The van der Waals surface area contributed by atoms with Crippen molar-refractivity contribution in [2.45, 2.75) is 36.4 Å². The van der Waals surface area contributed by atoms with Crippen LogP contribution in [0.15, 0.2) is 77.7 Å². The Morgan fingerprint density at radius 3 is 2.21 bits per heavy atom. The Labute approximate surface area is 224 Å². The van der Waals surface area contributed by atoms with E-state index in [4.69, 9.17) is 4.74 Å².